The Labute approximate surface area is 146 Å². The summed E-state index contributed by atoms with van der Waals surface area (Å²) in [6.45, 7) is 9.26. The lowest BCUT2D eigenvalue weighted by Gasteiger charge is -2.58. The van der Waals surface area contributed by atoms with Gasteiger partial charge in [0.25, 0.3) is 0 Å². The minimum absolute atomic E-state index is 0.147. The van der Waals surface area contributed by atoms with Crippen molar-refractivity contribution >= 4 is 5.78 Å². The van der Waals surface area contributed by atoms with Crippen LogP contribution in [-0.4, -0.2) is 17.5 Å². The van der Waals surface area contributed by atoms with E-state index in [4.69, 9.17) is 0 Å². The molecule has 0 aromatic rings. The second-order valence-electron chi connectivity index (χ2n) is 9.46. The summed E-state index contributed by atoms with van der Waals surface area (Å²) < 4.78 is 0. The molecule has 4 rings (SSSR count). The number of carbonyl (C=O) groups excluding carboxylic acids is 1. The Morgan fingerprint density at radius 1 is 1.17 bits per heavy atom. The quantitative estimate of drug-likeness (QED) is 0.747. The van der Waals surface area contributed by atoms with Gasteiger partial charge < -0.3 is 5.11 Å². The molecule has 6 atom stereocenters. The maximum absolute atomic E-state index is 11.9. The Balaban J connectivity index is 1.65. The van der Waals surface area contributed by atoms with Crippen LogP contribution in [-0.2, 0) is 4.79 Å². The largest absolute Gasteiger partial charge is 0.392 e. The molecule has 1 N–H and O–H groups in total. The zero-order valence-corrected chi connectivity index (χ0v) is 15.3. The van der Waals surface area contributed by atoms with E-state index in [0.29, 0.717) is 17.1 Å². The maximum Gasteiger partial charge on any atom is 0.155 e. The lowest BCUT2D eigenvalue weighted by atomic mass is 9.46. The van der Waals surface area contributed by atoms with E-state index in [9.17, 15) is 9.90 Å². The molecule has 132 valence electrons. The Morgan fingerprint density at radius 3 is 2.71 bits per heavy atom. The topological polar surface area (TPSA) is 37.3 Å². The van der Waals surface area contributed by atoms with Gasteiger partial charge in [0.1, 0.15) is 0 Å². The number of hydrogen-bond acceptors (Lipinski definition) is 2. The first kappa shape index (κ1) is 16.6. The monoisotopic (exact) mass is 328 g/mol. The Kier molecular flexibility index (Phi) is 3.84. The molecule has 24 heavy (non-hydrogen) atoms. The highest BCUT2D eigenvalue weighted by molar-refractivity contribution is 5.91. The summed E-state index contributed by atoms with van der Waals surface area (Å²) >= 11 is 0. The number of carbonyl (C=O) groups is 1. The molecule has 4 aliphatic carbocycles. The summed E-state index contributed by atoms with van der Waals surface area (Å²) in [7, 11) is 0. The molecule has 0 bridgehead atoms. The van der Waals surface area contributed by atoms with E-state index >= 15 is 0 Å². The second kappa shape index (κ2) is 5.56. The molecular weight excluding hydrogens is 296 g/mol. The fraction of sp³-hybridized carbons (Fsp3) is 0.773. The van der Waals surface area contributed by atoms with Gasteiger partial charge in [0.15, 0.2) is 5.78 Å². The Bertz CT molecular complexity index is 603. The number of allylic oxidation sites excluding steroid dienone is 1. The number of fused-ring (bicyclic) bond motifs is 5. The number of rotatable bonds is 2. The van der Waals surface area contributed by atoms with Gasteiger partial charge in [-0.2, -0.15) is 0 Å². The first-order chi connectivity index (χ1) is 11.4. The predicted molar refractivity (Wildman–Crippen MR) is 96.4 cm³/mol. The minimum atomic E-state index is 0.147. The Morgan fingerprint density at radius 2 is 1.96 bits per heavy atom. The molecule has 3 saturated carbocycles. The maximum atomic E-state index is 11.9. The van der Waals surface area contributed by atoms with E-state index in [1.54, 1.807) is 0 Å². The summed E-state index contributed by atoms with van der Waals surface area (Å²) in [6.07, 6.45) is 11.3. The van der Waals surface area contributed by atoms with Crippen molar-refractivity contribution in [2.45, 2.75) is 65.2 Å². The first-order valence-electron chi connectivity index (χ1n) is 9.92. The average Bonchev–Trinajstić information content (AvgIpc) is 2.92. The molecule has 0 spiro atoms. The van der Waals surface area contributed by atoms with Gasteiger partial charge in [-0.25, -0.2) is 0 Å². The van der Waals surface area contributed by atoms with Crippen molar-refractivity contribution in [1.82, 2.24) is 0 Å². The second-order valence-corrected chi connectivity index (χ2v) is 9.46. The zero-order valence-electron chi connectivity index (χ0n) is 15.3. The van der Waals surface area contributed by atoms with Gasteiger partial charge in [-0.1, -0.05) is 26.0 Å². The fourth-order valence-corrected chi connectivity index (χ4v) is 7.34. The first-order valence-corrected chi connectivity index (χ1v) is 9.92. The summed E-state index contributed by atoms with van der Waals surface area (Å²) in [5.41, 5.74) is 3.12. The van der Waals surface area contributed by atoms with Crippen LogP contribution in [0.25, 0.3) is 0 Å². The lowest BCUT2D eigenvalue weighted by molar-refractivity contribution is -0.117. The van der Waals surface area contributed by atoms with Crippen LogP contribution in [0.2, 0.25) is 0 Å². The summed E-state index contributed by atoms with van der Waals surface area (Å²) in [5, 5.41) is 9.61. The molecule has 2 heteroatoms. The van der Waals surface area contributed by atoms with Gasteiger partial charge >= 0.3 is 0 Å². The van der Waals surface area contributed by atoms with Crippen LogP contribution >= 0.6 is 0 Å². The van der Waals surface area contributed by atoms with Crippen molar-refractivity contribution in [2.75, 3.05) is 6.61 Å². The summed E-state index contributed by atoms with van der Waals surface area (Å²) in [6, 6.07) is 0. The van der Waals surface area contributed by atoms with Gasteiger partial charge in [0.05, 0.1) is 6.61 Å². The van der Waals surface area contributed by atoms with E-state index in [1.807, 2.05) is 6.08 Å². The van der Waals surface area contributed by atoms with Crippen molar-refractivity contribution in [3.63, 3.8) is 0 Å². The van der Waals surface area contributed by atoms with Crippen LogP contribution < -0.4 is 0 Å². The number of ketones is 1. The van der Waals surface area contributed by atoms with Crippen LogP contribution in [0.5, 0.6) is 0 Å². The van der Waals surface area contributed by atoms with Gasteiger partial charge in [-0.3, -0.25) is 4.79 Å². The van der Waals surface area contributed by atoms with Gasteiger partial charge in [-0.05, 0) is 91.1 Å². The van der Waals surface area contributed by atoms with Crippen molar-refractivity contribution in [2.24, 2.45) is 34.5 Å². The number of aliphatic hydroxyl groups is 1. The highest BCUT2D eigenvalue weighted by Gasteiger charge is 2.59. The van der Waals surface area contributed by atoms with Crippen molar-refractivity contribution < 1.29 is 9.90 Å². The molecule has 0 aromatic carbocycles. The normalized spacial score (nSPS) is 47.5. The highest BCUT2D eigenvalue weighted by atomic mass is 16.3. The Hall–Kier alpha value is -0.890. The van der Waals surface area contributed by atoms with E-state index in [1.165, 1.54) is 37.7 Å². The smallest absolute Gasteiger partial charge is 0.155 e. The van der Waals surface area contributed by atoms with Crippen LogP contribution in [0, 0.1) is 34.5 Å². The van der Waals surface area contributed by atoms with Crippen LogP contribution in [0.15, 0.2) is 23.8 Å². The molecule has 4 aliphatic rings. The number of aliphatic hydroxyl groups excluding tert-OH is 1. The van der Waals surface area contributed by atoms with Crippen LogP contribution in [0.1, 0.15) is 65.2 Å². The molecule has 0 aromatic heterocycles. The predicted octanol–water partition coefficient (Wildman–Crippen LogP) is 4.68. The van der Waals surface area contributed by atoms with Crippen molar-refractivity contribution in [1.29, 1.82) is 0 Å². The fourth-order valence-electron chi connectivity index (χ4n) is 7.34. The third-order valence-corrected chi connectivity index (χ3v) is 8.66. The molecule has 0 aliphatic heterocycles. The summed E-state index contributed by atoms with van der Waals surface area (Å²) in [4.78, 5) is 11.9. The molecule has 3 fully saturated rings. The SMILES string of the molecule is C=C(CO)C1CCC2C3CCC4=CC(=O)CCC4(C)C3CCC12C. The molecule has 0 heterocycles. The zero-order chi connectivity index (χ0) is 17.1. The molecular formula is C22H32O2. The molecule has 0 radical (unpaired) electrons. The molecule has 6 unspecified atom stereocenters. The average molecular weight is 328 g/mol. The van der Waals surface area contributed by atoms with Gasteiger partial charge in [0.2, 0.25) is 0 Å². The van der Waals surface area contributed by atoms with Gasteiger partial charge in [-0.15, -0.1) is 0 Å². The third kappa shape index (κ3) is 2.14. The third-order valence-electron chi connectivity index (χ3n) is 8.66. The molecule has 0 amide bonds. The minimum Gasteiger partial charge on any atom is -0.392 e. The van der Waals surface area contributed by atoms with Crippen molar-refractivity contribution in [3.05, 3.63) is 23.8 Å². The molecule has 0 saturated heterocycles. The standard InChI is InChI=1S/C22H32O2/c1-14(13-23)18-6-7-19-17-5-4-15-12-16(24)8-10-21(15,2)20(17)9-11-22(18,19)3/h12,17-20,23H,1,4-11,13H2,2-3H3. The van der Waals surface area contributed by atoms with Gasteiger partial charge in [0, 0.05) is 6.42 Å². The number of hydrogen-bond donors (Lipinski definition) is 1. The summed E-state index contributed by atoms with van der Waals surface area (Å²) in [5.74, 6) is 3.19. The van der Waals surface area contributed by atoms with E-state index in [2.05, 4.69) is 20.4 Å². The van der Waals surface area contributed by atoms with Crippen molar-refractivity contribution in [3.8, 4) is 0 Å². The highest BCUT2D eigenvalue weighted by Crippen LogP contribution is 2.67. The van der Waals surface area contributed by atoms with E-state index in [-0.39, 0.29) is 12.0 Å². The van der Waals surface area contributed by atoms with E-state index < -0.39 is 0 Å². The molecule has 2 nitrogen and oxygen atoms in total. The van der Waals surface area contributed by atoms with Crippen LogP contribution in [0.3, 0.4) is 0 Å². The van der Waals surface area contributed by atoms with E-state index in [0.717, 1.165) is 42.6 Å². The lowest BCUT2D eigenvalue weighted by Crippen LogP contribution is -2.50. The van der Waals surface area contributed by atoms with Crippen LogP contribution in [0.4, 0.5) is 0 Å².